The summed E-state index contributed by atoms with van der Waals surface area (Å²) in [6.45, 7) is 8.77. The molecule has 1 rings (SSSR count). The van der Waals surface area contributed by atoms with Gasteiger partial charge in [0.15, 0.2) is 0 Å². The van der Waals surface area contributed by atoms with Gasteiger partial charge in [0, 0.05) is 12.1 Å². The van der Waals surface area contributed by atoms with E-state index < -0.39 is 0 Å². The second-order valence-corrected chi connectivity index (χ2v) is 6.20. The van der Waals surface area contributed by atoms with Gasteiger partial charge in [0.2, 0.25) is 5.91 Å². The minimum atomic E-state index is -0.285. The Labute approximate surface area is 126 Å². The Kier molecular flexibility index (Phi) is 6.15. The maximum Gasteiger partial charge on any atom is 0.237 e. The molecular formula is C16H25FN2O2. The standard InChI is InChI=1S/C16H25FN2O2/c1-12(15(20)18-16(2,3)4)19(5)10-11-21-14-8-6-13(17)7-9-14/h6-9,12H,10-11H2,1-5H3,(H,18,20). The number of ether oxygens (including phenoxy) is 1. The molecule has 1 amide bonds. The molecule has 0 fully saturated rings. The highest BCUT2D eigenvalue weighted by molar-refractivity contribution is 5.81. The van der Waals surface area contributed by atoms with Gasteiger partial charge in [0.1, 0.15) is 18.2 Å². The van der Waals surface area contributed by atoms with Crippen LogP contribution in [0, 0.1) is 5.82 Å². The minimum Gasteiger partial charge on any atom is -0.492 e. The average molecular weight is 296 g/mol. The largest absolute Gasteiger partial charge is 0.492 e. The van der Waals surface area contributed by atoms with Crippen molar-refractivity contribution in [3.8, 4) is 5.75 Å². The smallest absolute Gasteiger partial charge is 0.237 e. The SMILES string of the molecule is CC(C(=O)NC(C)(C)C)N(C)CCOc1ccc(F)cc1. The summed E-state index contributed by atoms with van der Waals surface area (Å²) >= 11 is 0. The number of benzene rings is 1. The van der Waals surface area contributed by atoms with E-state index in [1.54, 1.807) is 12.1 Å². The molecule has 0 aliphatic rings. The van der Waals surface area contributed by atoms with Crippen LogP contribution in [0.2, 0.25) is 0 Å². The van der Waals surface area contributed by atoms with E-state index in [2.05, 4.69) is 5.32 Å². The van der Waals surface area contributed by atoms with Crippen LogP contribution in [0.3, 0.4) is 0 Å². The van der Waals surface area contributed by atoms with E-state index in [1.807, 2.05) is 39.6 Å². The summed E-state index contributed by atoms with van der Waals surface area (Å²) in [5.41, 5.74) is -0.239. The summed E-state index contributed by atoms with van der Waals surface area (Å²) in [5.74, 6) is 0.329. The Morgan fingerprint density at radius 2 is 1.90 bits per heavy atom. The lowest BCUT2D eigenvalue weighted by atomic mass is 10.1. The normalized spacial score (nSPS) is 13.1. The predicted octanol–water partition coefficient (Wildman–Crippen LogP) is 2.44. The molecule has 5 heteroatoms. The van der Waals surface area contributed by atoms with Gasteiger partial charge in [-0.2, -0.15) is 0 Å². The van der Waals surface area contributed by atoms with Crippen LogP contribution in [-0.2, 0) is 4.79 Å². The Morgan fingerprint density at radius 1 is 1.33 bits per heavy atom. The number of halogens is 1. The molecule has 4 nitrogen and oxygen atoms in total. The van der Waals surface area contributed by atoms with Gasteiger partial charge in [0.25, 0.3) is 0 Å². The second kappa shape index (κ2) is 7.41. The maximum atomic E-state index is 12.8. The van der Waals surface area contributed by atoms with Crippen LogP contribution >= 0.6 is 0 Å². The maximum absolute atomic E-state index is 12.8. The van der Waals surface area contributed by atoms with Crippen LogP contribution in [0.25, 0.3) is 0 Å². The topological polar surface area (TPSA) is 41.6 Å². The van der Waals surface area contributed by atoms with Gasteiger partial charge >= 0.3 is 0 Å². The zero-order valence-electron chi connectivity index (χ0n) is 13.4. The average Bonchev–Trinajstić information content (AvgIpc) is 2.38. The number of amides is 1. The minimum absolute atomic E-state index is 0.00761. The first-order chi connectivity index (χ1) is 9.69. The zero-order chi connectivity index (χ0) is 16.0. The predicted molar refractivity (Wildman–Crippen MR) is 81.9 cm³/mol. The van der Waals surface area contributed by atoms with Gasteiger partial charge < -0.3 is 10.1 Å². The first-order valence-corrected chi connectivity index (χ1v) is 7.09. The third-order valence-electron chi connectivity index (χ3n) is 3.07. The van der Waals surface area contributed by atoms with Crippen molar-refractivity contribution in [2.24, 2.45) is 0 Å². The second-order valence-electron chi connectivity index (χ2n) is 6.20. The molecule has 0 heterocycles. The first-order valence-electron chi connectivity index (χ1n) is 7.09. The molecule has 1 N–H and O–H groups in total. The first kappa shape index (κ1) is 17.4. The molecule has 0 aliphatic heterocycles. The lowest BCUT2D eigenvalue weighted by Crippen LogP contribution is -2.50. The fourth-order valence-corrected chi connectivity index (χ4v) is 1.71. The van der Waals surface area contributed by atoms with Crippen LogP contribution in [0.15, 0.2) is 24.3 Å². The number of hydrogen-bond acceptors (Lipinski definition) is 3. The highest BCUT2D eigenvalue weighted by Gasteiger charge is 2.22. The Hall–Kier alpha value is -1.62. The van der Waals surface area contributed by atoms with E-state index in [9.17, 15) is 9.18 Å². The molecule has 0 saturated heterocycles. The Balaban J connectivity index is 2.37. The molecule has 0 aromatic heterocycles. The number of carbonyl (C=O) groups excluding carboxylic acids is 1. The fraction of sp³-hybridized carbons (Fsp3) is 0.562. The van der Waals surface area contributed by atoms with Crippen LogP contribution in [-0.4, -0.2) is 42.6 Å². The zero-order valence-corrected chi connectivity index (χ0v) is 13.4. The quantitative estimate of drug-likeness (QED) is 0.876. The Morgan fingerprint density at radius 3 is 2.43 bits per heavy atom. The third-order valence-corrected chi connectivity index (χ3v) is 3.07. The molecule has 0 saturated carbocycles. The summed E-state index contributed by atoms with van der Waals surface area (Å²) in [6.07, 6.45) is 0. The van der Waals surface area contributed by atoms with Crippen molar-refractivity contribution in [3.05, 3.63) is 30.1 Å². The van der Waals surface area contributed by atoms with Crippen LogP contribution in [0.5, 0.6) is 5.75 Å². The third kappa shape index (κ3) is 6.58. The van der Waals surface area contributed by atoms with Crippen molar-refractivity contribution in [2.45, 2.75) is 39.3 Å². The van der Waals surface area contributed by atoms with Crippen molar-refractivity contribution >= 4 is 5.91 Å². The van der Waals surface area contributed by atoms with Crippen molar-refractivity contribution in [2.75, 3.05) is 20.2 Å². The van der Waals surface area contributed by atoms with Gasteiger partial charge in [-0.1, -0.05) is 0 Å². The number of nitrogens with zero attached hydrogens (tertiary/aromatic N) is 1. The molecule has 0 aliphatic carbocycles. The summed E-state index contributed by atoms with van der Waals surface area (Å²) in [5, 5.41) is 2.95. The van der Waals surface area contributed by atoms with E-state index in [4.69, 9.17) is 4.74 Å². The summed E-state index contributed by atoms with van der Waals surface area (Å²) in [6, 6.07) is 5.66. The number of carbonyl (C=O) groups is 1. The molecule has 1 unspecified atom stereocenters. The molecule has 0 radical (unpaired) electrons. The highest BCUT2D eigenvalue weighted by atomic mass is 19.1. The van der Waals surface area contributed by atoms with Crippen molar-refractivity contribution < 1.29 is 13.9 Å². The van der Waals surface area contributed by atoms with Crippen molar-refractivity contribution in [1.82, 2.24) is 10.2 Å². The number of nitrogens with one attached hydrogen (secondary N) is 1. The highest BCUT2D eigenvalue weighted by Crippen LogP contribution is 2.11. The van der Waals surface area contributed by atoms with Gasteiger partial charge in [0.05, 0.1) is 6.04 Å². The molecule has 1 aromatic carbocycles. The summed E-state index contributed by atoms with van der Waals surface area (Å²) in [7, 11) is 1.88. The van der Waals surface area contributed by atoms with Gasteiger partial charge in [-0.25, -0.2) is 4.39 Å². The molecule has 1 aromatic rings. The molecule has 0 bridgehead atoms. The van der Waals surface area contributed by atoms with Crippen molar-refractivity contribution in [1.29, 1.82) is 0 Å². The summed E-state index contributed by atoms with van der Waals surface area (Å²) in [4.78, 5) is 14.0. The lowest BCUT2D eigenvalue weighted by molar-refractivity contribution is -0.126. The van der Waals surface area contributed by atoms with E-state index in [0.717, 1.165) is 0 Å². The van der Waals surface area contributed by atoms with Crippen LogP contribution < -0.4 is 10.1 Å². The van der Waals surface area contributed by atoms with E-state index in [-0.39, 0.29) is 23.3 Å². The molecule has 21 heavy (non-hydrogen) atoms. The van der Waals surface area contributed by atoms with Crippen molar-refractivity contribution in [3.63, 3.8) is 0 Å². The Bertz CT molecular complexity index is 454. The van der Waals surface area contributed by atoms with Gasteiger partial charge in [-0.15, -0.1) is 0 Å². The van der Waals surface area contributed by atoms with E-state index in [0.29, 0.717) is 18.9 Å². The van der Waals surface area contributed by atoms with Gasteiger partial charge in [-0.05, 0) is 59.0 Å². The molecule has 118 valence electrons. The van der Waals surface area contributed by atoms with E-state index >= 15 is 0 Å². The molecule has 0 spiro atoms. The number of rotatable bonds is 6. The van der Waals surface area contributed by atoms with Gasteiger partial charge in [-0.3, -0.25) is 9.69 Å². The lowest BCUT2D eigenvalue weighted by Gasteiger charge is -2.28. The molecule has 1 atom stereocenters. The van der Waals surface area contributed by atoms with E-state index in [1.165, 1.54) is 12.1 Å². The molecular weight excluding hydrogens is 271 g/mol. The number of hydrogen-bond donors (Lipinski definition) is 1. The number of likely N-dealkylation sites (N-methyl/N-ethyl adjacent to an activating group) is 1. The van der Waals surface area contributed by atoms with Crippen LogP contribution in [0.4, 0.5) is 4.39 Å². The monoisotopic (exact) mass is 296 g/mol. The fourth-order valence-electron chi connectivity index (χ4n) is 1.71. The summed E-state index contributed by atoms with van der Waals surface area (Å²) < 4.78 is 18.3. The van der Waals surface area contributed by atoms with Crippen LogP contribution in [0.1, 0.15) is 27.7 Å².